The Balaban J connectivity index is 1.99. The number of nitrogens with zero attached hydrogens (tertiary/aromatic N) is 3. The topological polar surface area (TPSA) is 137 Å². The van der Waals surface area contributed by atoms with Gasteiger partial charge in [-0.2, -0.15) is 4.68 Å². The number of carbonyl (C=O) groups excluding carboxylic acids is 1. The number of carbonyl (C=O) groups is 1. The van der Waals surface area contributed by atoms with E-state index in [1.165, 1.54) is 18.3 Å². The van der Waals surface area contributed by atoms with Gasteiger partial charge in [0.2, 0.25) is 5.82 Å². The summed E-state index contributed by atoms with van der Waals surface area (Å²) in [6.07, 6.45) is 0.347. The van der Waals surface area contributed by atoms with Crippen molar-refractivity contribution < 1.29 is 18.7 Å². The van der Waals surface area contributed by atoms with Crippen LogP contribution in [0.4, 0.5) is 15.0 Å². The van der Waals surface area contributed by atoms with Crippen LogP contribution >= 0.6 is 23.2 Å². The van der Waals surface area contributed by atoms with Gasteiger partial charge in [-0.05, 0) is 46.8 Å². The van der Waals surface area contributed by atoms with Crippen molar-refractivity contribution >= 4 is 35.1 Å². The molecule has 0 aliphatic rings. The highest BCUT2D eigenvalue weighted by Gasteiger charge is 2.20. The van der Waals surface area contributed by atoms with E-state index in [0.29, 0.717) is 0 Å². The maximum Gasteiger partial charge on any atom is 0.413 e. The molecule has 2 heterocycles. The highest BCUT2D eigenvalue weighted by atomic mass is 35.5. The highest BCUT2D eigenvalue weighted by molar-refractivity contribution is 6.37. The van der Waals surface area contributed by atoms with Crippen LogP contribution in [0.2, 0.25) is 10.0 Å². The second kappa shape index (κ2) is 10.2. The van der Waals surface area contributed by atoms with Gasteiger partial charge in [0, 0.05) is 12.1 Å². The summed E-state index contributed by atoms with van der Waals surface area (Å²) in [4.78, 5) is 50.5. The second-order valence-electron chi connectivity index (χ2n) is 8.82. The lowest BCUT2D eigenvalue weighted by atomic mass is 10.2. The Hall–Kier alpha value is -3.64. The van der Waals surface area contributed by atoms with Crippen molar-refractivity contribution in [1.82, 2.24) is 19.3 Å². The molecule has 192 valence electrons. The number of benzene rings is 1. The molecule has 36 heavy (non-hydrogen) atoms. The predicted octanol–water partition coefficient (Wildman–Crippen LogP) is 4.25. The van der Waals surface area contributed by atoms with Crippen LogP contribution in [0, 0.1) is 5.82 Å². The van der Waals surface area contributed by atoms with Crippen LogP contribution in [0.25, 0.3) is 5.69 Å². The van der Waals surface area contributed by atoms with Gasteiger partial charge in [-0.15, -0.1) is 5.10 Å². The van der Waals surface area contributed by atoms with Gasteiger partial charge in [0.15, 0.2) is 11.6 Å². The third-order valence-corrected chi connectivity index (χ3v) is 4.99. The van der Waals surface area contributed by atoms with E-state index < -0.39 is 40.1 Å². The van der Waals surface area contributed by atoms with Crippen molar-refractivity contribution in [2.45, 2.75) is 46.3 Å². The Morgan fingerprint density at radius 3 is 2.31 bits per heavy atom. The Morgan fingerprint density at radius 2 is 1.75 bits per heavy atom. The quantitative estimate of drug-likeness (QED) is 0.492. The molecule has 0 fully saturated rings. The number of pyridine rings is 1. The van der Waals surface area contributed by atoms with E-state index in [-0.39, 0.29) is 33.3 Å². The lowest BCUT2D eigenvalue weighted by Gasteiger charge is -2.19. The first kappa shape index (κ1) is 27.0. The summed E-state index contributed by atoms with van der Waals surface area (Å²) in [6.45, 7) is 8.28. The summed E-state index contributed by atoms with van der Waals surface area (Å²) in [5.41, 5.74) is -3.54. The third-order valence-electron chi connectivity index (χ3n) is 4.43. The van der Waals surface area contributed by atoms with E-state index in [0.717, 1.165) is 15.3 Å². The molecule has 3 rings (SSSR count). The molecule has 0 atom stereocenters. The molecule has 1 aromatic carbocycles. The molecule has 0 aliphatic heterocycles. The SMILES string of the molecule is CC(C)n1cc(Oc2c(Cl)cc(-n3nc(NC(=O)OC(C)(C)C)c(=O)[nH]c3=O)cc2Cl)cc(F)c1=O. The summed E-state index contributed by atoms with van der Waals surface area (Å²) < 4.78 is 26.7. The average molecular weight is 542 g/mol. The molecular weight excluding hydrogens is 520 g/mol. The fourth-order valence-electron chi connectivity index (χ4n) is 2.92. The van der Waals surface area contributed by atoms with Crippen molar-refractivity contribution in [1.29, 1.82) is 0 Å². The van der Waals surface area contributed by atoms with Crippen LogP contribution in [0.3, 0.4) is 0 Å². The Bertz CT molecular complexity index is 1480. The van der Waals surface area contributed by atoms with Crippen molar-refractivity contribution in [3.63, 3.8) is 0 Å². The van der Waals surface area contributed by atoms with E-state index in [1.54, 1.807) is 34.6 Å². The molecule has 14 heteroatoms. The van der Waals surface area contributed by atoms with Crippen LogP contribution < -0.4 is 26.9 Å². The van der Waals surface area contributed by atoms with E-state index in [9.17, 15) is 23.6 Å². The van der Waals surface area contributed by atoms with Crippen molar-refractivity contribution in [2.24, 2.45) is 0 Å². The fourth-order valence-corrected chi connectivity index (χ4v) is 3.48. The van der Waals surface area contributed by atoms with Crippen LogP contribution in [0.15, 0.2) is 38.8 Å². The van der Waals surface area contributed by atoms with Crippen LogP contribution in [0.5, 0.6) is 11.5 Å². The zero-order valence-electron chi connectivity index (χ0n) is 19.8. The number of hydrogen-bond acceptors (Lipinski definition) is 7. The molecule has 0 aliphatic carbocycles. The molecule has 2 aromatic heterocycles. The number of nitrogens with one attached hydrogen (secondary N) is 2. The zero-order valence-corrected chi connectivity index (χ0v) is 21.3. The summed E-state index contributed by atoms with van der Waals surface area (Å²) in [7, 11) is 0. The number of hydrogen-bond donors (Lipinski definition) is 2. The minimum atomic E-state index is -1.03. The van der Waals surface area contributed by atoms with Gasteiger partial charge >= 0.3 is 11.8 Å². The van der Waals surface area contributed by atoms with Crippen LogP contribution in [0.1, 0.15) is 40.7 Å². The molecule has 0 bridgehead atoms. The minimum Gasteiger partial charge on any atom is -0.453 e. The normalized spacial score (nSPS) is 11.5. The maximum absolute atomic E-state index is 14.1. The predicted molar refractivity (Wildman–Crippen MR) is 131 cm³/mol. The molecule has 0 unspecified atom stereocenters. The molecule has 1 amide bonds. The molecular formula is C22H22Cl2FN5O6. The van der Waals surface area contributed by atoms with Gasteiger partial charge in [-0.1, -0.05) is 23.2 Å². The third kappa shape index (κ3) is 6.13. The second-order valence-corrected chi connectivity index (χ2v) is 9.63. The monoisotopic (exact) mass is 541 g/mol. The number of rotatable bonds is 5. The highest BCUT2D eigenvalue weighted by Crippen LogP contribution is 2.38. The van der Waals surface area contributed by atoms with Gasteiger partial charge in [0.25, 0.3) is 11.1 Å². The number of anilines is 1. The van der Waals surface area contributed by atoms with E-state index in [1.807, 2.05) is 4.98 Å². The van der Waals surface area contributed by atoms with Crippen LogP contribution in [-0.2, 0) is 4.74 Å². The zero-order chi connectivity index (χ0) is 26.9. The molecule has 0 spiro atoms. The van der Waals surface area contributed by atoms with Gasteiger partial charge in [-0.3, -0.25) is 19.9 Å². The Labute approximate surface area is 213 Å². The molecule has 0 saturated carbocycles. The number of aromatic amines is 1. The number of halogens is 3. The number of ether oxygens (including phenoxy) is 2. The molecule has 0 radical (unpaired) electrons. The summed E-state index contributed by atoms with van der Waals surface area (Å²) in [6, 6.07) is 3.05. The molecule has 2 N–H and O–H groups in total. The largest absolute Gasteiger partial charge is 0.453 e. The van der Waals surface area contributed by atoms with Gasteiger partial charge in [0.1, 0.15) is 11.4 Å². The van der Waals surface area contributed by atoms with E-state index >= 15 is 0 Å². The lowest BCUT2D eigenvalue weighted by Crippen LogP contribution is -2.36. The van der Waals surface area contributed by atoms with Crippen molar-refractivity contribution in [3.8, 4) is 17.2 Å². The fraction of sp³-hybridized carbons (Fsp3) is 0.318. The Kier molecular flexibility index (Phi) is 7.60. The average Bonchev–Trinajstić information content (AvgIpc) is 2.73. The van der Waals surface area contributed by atoms with Gasteiger partial charge < -0.3 is 14.0 Å². The standard InChI is InChI=1S/C22H22Cl2FN5O6/c1-10(2)29-9-12(8-15(25)19(29)32)35-16-13(23)6-11(7-14(16)24)30-20(33)27-18(31)17(28-30)26-21(34)36-22(3,4)5/h6-10H,1-5H3,(H,26,28,34)(H,27,31,33). The van der Waals surface area contributed by atoms with Gasteiger partial charge in [-0.25, -0.2) is 14.0 Å². The maximum atomic E-state index is 14.1. The molecule has 11 nitrogen and oxygen atoms in total. The number of aromatic nitrogens is 4. The first-order valence-corrected chi connectivity index (χ1v) is 11.2. The van der Waals surface area contributed by atoms with Crippen LogP contribution in [-0.4, -0.2) is 31.0 Å². The number of H-pyrrole nitrogens is 1. The van der Waals surface area contributed by atoms with E-state index in [4.69, 9.17) is 32.7 Å². The minimum absolute atomic E-state index is 0.0177. The summed E-state index contributed by atoms with van der Waals surface area (Å²) in [5.74, 6) is -1.66. The lowest BCUT2D eigenvalue weighted by molar-refractivity contribution is 0.0634. The van der Waals surface area contributed by atoms with E-state index in [2.05, 4.69) is 10.4 Å². The summed E-state index contributed by atoms with van der Waals surface area (Å²) >= 11 is 12.6. The number of amides is 1. The van der Waals surface area contributed by atoms with Gasteiger partial charge in [0.05, 0.1) is 21.9 Å². The molecule has 3 aromatic rings. The van der Waals surface area contributed by atoms with Crippen molar-refractivity contribution in [3.05, 3.63) is 71.5 Å². The van der Waals surface area contributed by atoms with Crippen molar-refractivity contribution in [2.75, 3.05) is 5.32 Å². The first-order valence-electron chi connectivity index (χ1n) is 10.5. The summed E-state index contributed by atoms with van der Waals surface area (Å²) in [5, 5.41) is 5.84. The molecule has 0 saturated heterocycles. The smallest absolute Gasteiger partial charge is 0.413 e. The Morgan fingerprint density at radius 1 is 1.14 bits per heavy atom. The first-order chi connectivity index (χ1) is 16.7.